The maximum Gasteiger partial charge on any atom is 0.165 e. The maximum absolute atomic E-state index is 9.98. The number of phenols is 1. The second-order valence-corrected chi connectivity index (χ2v) is 4.54. The number of nitrogens with one attached hydrogen (secondary N) is 1. The smallest absolute Gasteiger partial charge is 0.165 e. The Bertz CT molecular complexity index is 774. The fraction of sp³-hybridized carbons (Fsp3) is 0.125. The van der Waals surface area contributed by atoms with Crippen LogP contribution in [0.4, 0.5) is 5.82 Å². The van der Waals surface area contributed by atoms with Gasteiger partial charge in [0.15, 0.2) is 5.82 Å². The molecule has 0 atom stereocenters. The summed E-state index contributed by atoms with van der Waals surface area (Å²) in [6.07, 6.45) is 0. The summed E-state index contributed by atoms with van der Waals surface area (Å²) in [6.45, 7) is 0.348. The molecule has 0 unspecified atom stereocenters. The van der Waals surface area contributed by atoms with Gasteiger partial charge < -0.3 is 15.2 Å². The molecule has 106 valence electrons. The van der Waals surface area contributed by atoms with Gasteiger partial charge >= 0.3 is 0 Å². The number of aromatic nitrogens is 2. The van der Waals surface area contributed by atoms with Crippen LogP contribution in [-0.4, -0.2) is 28.9 Å². The molecule has 5 heteroatoms. The monoisotopic (exact) mass is 281 g/mol. The Morgan fingerprint density at radius 2 is 1.81 bits per heavy atom. The quantitative estimate of drug-likeness (QED) is 0.719. The van der Waals surface area contributed by atoms with Crippen LogP contribution in [0.25, 0.3) is 22.3 Å². The highest BCUT2D eigenvalue weighted by atomic mass is 16.5. The van der Waals surface area contributed by atoms with E-state index >= 15 is 0 Å². The third kappa shape index (κ3) is 2.64. The van der Waals surface area contributed by atoms with Crippen LogP contribution in [0, 0.1) is 0 Å². The van der Waals surface area contributed by atoms with Crippen LogP contribution < -0.4 is 5.32 Å². The number of rotatable bonds is 4. The predicted octanol–water partition coefficient (Wildman–Crippen LogP) is 3.02. The number of para-hydroxylation sites is 2. The van der Waals surface area contributed by atoms with E-state index in [0.29, 0.717) is 23.9 Å². The summed E-state index contributed by atoms with van der Waals surface area (Å²) in [5, 5.41) is 14.0. The zero-order valence-electron chi connectivity index (χ0n) is 11.6. The summed E-state index contributed by atoms with van der Waals surface area (Å²) in [6, 6.07) is 14.7. The summed E-state index contributed by atoms with van der Waals surface area (Å²) >= 11 is 0. The van der Waals surface area contributed by atoms with Crippen LogP contribution in [0.5, 0.6) is 5.75 Å². The first-order chi connectivity index (χ1) is 10.3. The van der Waals surface area contributed by atoms with Crippen LogP contribution in [0.1, 0.15) is 0 Å². The first-order valence-electron chi connectivity index (χ1n) is 6.57. The van der Waals surface area contributed by atoms with Gasteiger partial charge in [0.1, 0.15) is 18.3 Å². The van der Waals surface area contributed by atoms with Crippen LogP contribution in [0.15, 0.2) is 48.5 Å². The summed E-state index contributed by atoms with van der Waals surface area (Å²) in [5.74, 6) is 1.32. The van der Waals surface area contributed by atoms with E-state index in [9.17, 15) is 5.11 Å². The molecule has 0 radical (unpaired) electrons. The van der Waals surface area contributed by atoms with Crippen molar-refractivity contribution in [3.8, 4) is 17.1 Å². The second kappa shape index (κ2) is 5.76. The summed E-state index contributed by atoms with van der Waals surface area (Å²) < 4.78 is 5.04. The Hall–Kier alpha value is -2.66. The second-order valence-electron chi connectivity index (χ2n) is 4.54. The Morgan fingerprint density at radius 1 is 1.05 bits per heavy atom. The van der Waals surface area contributed by atoms with Crippen molar-refractivity contribution in [1.82, 2.24) is 9.97 Å². The van der Waals surface area contributed by atoms with Crippen LogP contribution in [0.2, 0.25) is 0 Å². The lowest BCUT2D eigenvalue weighted by molar-refractivity contribution is 0.221. The van der Waals surface area contributed by atoms with Gasteiger partial charge in [-0.3, -0.25) is 0 Å². The SMILES string of the molecule is COCNc1nc(-c2ccccc2O)nc2ccccc12. The predicted molar refractivity (Wildman–Crippen MR) is 82.1 cm³/mol. The topological polar surface area (TPSA) is 67.3 Å². The van der Waals surface area contributed by atoms with Gasteiger partial charge in [0, 0.05) is 12.5 Å². The third-order valence-corrected chi connectivity index (χ3v) is 3.13. The van der Waals surface area contributed by atoms with E-state index < -0.39 is 0 Å². The molecule has 2 aromatic carbocycles. The van der Waals surface area contributed by atoms with Crippen molar-refractivity contribution >= 4 is 16.7 Å². The van der Waals surface area contributed by atoms with Gasteiger partial charge in [0.2, 0.25) is 0 Å². The number of anilines is 1. The molecule has 0 saturated carbocycles. The Labute approximate surface area is 122 Å². The van der Waals surface area contributed by atoms with Crippen LogP contribution in [0.3, 0.4) is 0 Å². The molecule has 1 heterocycles. The van der Waals surface area contributed by atoms with Gasteiger partial charge in [-0.25, -0.2) is 9.97 Å². The lowest BCUT2D eigenvalue weighted by atomic mass is 10.1. The highest BCUT2D eigenvalue weighted by Crippen LogP contribution is 2.29. The fourth-order valence-corrected chi connectivity index (χ4v) is 2.14. The number of methoxy groups -OCH3 is 1. The fourth-order valence-electron chi connectivity index (χ4n) is 2.14. The minimum Gasteiger partial charge on any atom is -0.507 e. The molecular weight excluding hydrogens is 266 g/mol. The Kier molecular flexibility index (Phi) is 3.66. The highest BCUT2D eigenvalue weighted by Gasteiger charge is 2.11. The van der Waals surface area contributed by atoms with Crippen molar-refractivity contribution < 1.29 is 9.84 Å². The largest absolute Gasteiger partial charge is 0.507 e. The van der Waals surface area contributed by atoms with Crippen molar-refractivity contribution in [2.24, 2.45) is 0 Å². The number of aromatic hydroxyl groups is 1. The average molecular weight is 281 g/mol. The van der Waals surface area contributed by atoms with E-state index in [1.807, 2.05) is 30.3 Å². The number of benzene rings is 2. The summed E-state index contributed by atoms with van der Waals surface area (Å²) in [7, 11) is 1.61. The molecular formula is C16H15N3O2. The summed E-state index contributed by atoms with van der Waals surface area (Å²) in [5.41, 5.74) is 1.41. The zero-order chi connectivity index (χ0) is 14.7. The molecule has 2 N–H and O–H groups in total. The van der Waals surface area contributed by atoms with E-state index in [4.69, 9.17) is 4.74 Å². The van der Waals surface area contributed by atoms with Gasteiger partial charge in [0.25, 0.3) is 0 Å². The third-order valence-electron chi connectivity index (χ3n) is 3.13. The maximum atomic E-state index is 9.98. The molecule has 0 aliphatic heterocycles. The van der Waals surface area contributed by atoms with Gasteiger partial charge in [-0.05, 0) is 24.3 Å². The molecule has 0 saturated heterocycles. The van der Waals surface area contributed by atoms with Crippen molar-refractivity contribution in [2.45, 2.75) is 0 Å². The van der Waals surface area contributed by atoms with Crippen LogP contribution in [-0.2, 0) is 4.74 Å². The van der Waals surface area contributed by atoms with E-state index in [2.05, 4.69) is 15.3 Å². The van der Waals surface area contributed by atoms with E-state index in [1.54, 1.807) is 25.3 Å². The molecule has 0 fully saturated rings. The molecule has 1 aromatic heterocycles. The minimum atomic E-state index is 0.158. The van der Waals surface area contributed by atoms with Gasteiger partial charge in [-0.2, -0.15) is 0 Å². The normalized spacial score (nSPS) is 10.7. The van der Waals surface area contributed by atoms with Gasteiger partial charge in [-0.15, -0.1) is 0 Å². The first kappa shape index (κ1) is 13.3. The summed E-state index contributed by atoms with van der Waals surface area (Å²) in [4.78, 5) is 9.03. The molecule has 21 heavy (non-hydrogen) atoms. The van der Waals surface area contributed by atoms with Crippen molar-refractivity contribution in [3.05, 3.63) is 48.5 Å². The lowest BCUT2D eigenvalue weighted by Gasteiger charge is -2.10. The Balaban J connectivity index is 2.18. The molecule has 3 rings (SSSR count). The van der Waals surface area contributed by atoms with Crippen LogP contribution >= 0.6 is 0 Å². The highest BCUT2D eigenvalue weighted by molar-refractivity contribution is 5.90. The lowest BCUT2D eigenvalue weighted by Crippen LogP contribution is -2.06. The number of hydrogen-bond donors (Lipinski definition) is 2. The molecule has 0 aliphatic rings. The molecule has 0 bridgehead atoms. The standard InChI is InChI=1S/C16H15N3O2/c1-21-10-17-15-11-6-2-4-8-13(11)18-16(19-15)12-7-3-5-9-14(12)20/h2-9,20H,10H2,1H3,(H,17,18,19). The van der Waals surface area contributed by atoms with E-state index in [1.165, 1.54) is 0 Å². The molecule has 5 nitrogen and oxygen atoms in total. The first-order valence-corrected chi connectivity index (χ1v) is 6.57. The molecule has 0 aliphatic carbocycles. The average Bonchev–Trinajstić information content (AvgIpc) is 2.53. The molecule has 3 aromatic rings. The number of fused-ring (bicyclic) bond motifs is 1. The Morgan fingerprint density at radius 3 is 2.62 bits per heavy atom. The zero-order valence-corrected chi connectivity index (χ0v) is 11.6. The van der Waals surface area contributed by atoms with E-state index in [0.717, 1.165) is 10.9 Å². The number of hydrogen-bond acceptors (Lipinski definition) is 5. The number of phenolic OH excluding ortho intramolecular Hbond substituents is 1. The van der Waals surface area contributed by atoms with Gasteiger partial charge in [0.05, 0.1) is 11.1 Å². The van der Waals surface area contributed by atoms with Gasteiger partial charge in [-0.1, -0.05) is 24.3 Å². The van der Waals surface area contributed by atoms with E-state index in [-0.39, 0.29) is 5.75 Å². The molecule has 0 spiro atoms. The van der Waals surface area contributed by atoms with Crippen molar-refractivity contribution in [1.29, 1.82) is 0 Å². The minimum absolute atomic E-state index is 0.158. The number of ether oxygens (including phenoxy) is 1. The van der Waals surface area contributed by atoms with Crippen molar-refractivity contribution in [2.75, 3.05) is 19.2 Å². The molecule has 0 amide bonds. The number of nitrogens with zero attached hydrogens (tertiary/aromatic N) is 2. The van der Waals surface area contributed by atoms with Crippen molar-refractivity contribution in [3.63, 3.8) is 0 Å².